The predicted octanol–water partition coefficient (Wildman–Crippen LogP) is 2.75. The third-order valence-corrected chi connectivity index (χ3v) is 6.61. The number of nitrogens with zero attached hydrogens (tertiary/aromatic N) is 1. The molecule has 1 aliphatic heterocycles. The van der Waals surface area contributed by atoms with Gasteiger partial charge in [0.1, 0.15) is 0 Å². The molecule has 3 aliphatic rings. The van der Waals surface area contributed by atoms with E-state index in [9.17, 15) is 4.79 Å². The highest BCUT2D eigenvalue weighted by Crippen LogP contribution is 2.46. The van der Waals surface area contributed by atoms with Gasteiger partial charge in [-0.2, -0.15) is 11.8 Å². The van der Waals surface area contributed by atoms with Gasteiger partial charge in [-0.1, -0.05) is 26.2 Å². The highest BCUT2D eigenvalue weighted by Gasteiger charge is 2.59. The molecule has 1 atom stereocenters. The van der Waals surface area contributed by atoms with E-state index >= 15 is 0 Å². The molecule has 0 aromatic carbocycles. The SMILES string of the molecule is CCCC1NC2(CC2)C(=O)N1CC1(SC)CCCC1. The molecule has 0 aromatic rings. The van der Waals surface area contributed by atoms with Crippen LogP contribution < -0.4 is 5.32 Å². The van der Waals surface area contributed by atoms with E-state index in [0.717, 1.165) is 32.2 Å². The van der Waals surface area contributed by atoms with E-state index in [1.165, 1.54) is 25.7 Å². The first kappa shape index (κ1) is 13.7. The molecule has 0 aromatic heterocycles. The lowest BCUT2D eigenvalue weighted by molar-refractivity contribution is -0.131. The van der Waals surface area contributed by atoms with Gasteiger partial charge in [-0.25, -0.2) is 0 Å². The minimum absolute atomic E-state index is 0.141. The van der Waals surface area contributed by atoms with Crippen LogP contribution in [-0.4, -0.2) is 40.1 Å². The molecule has 1 heterocycles. The summed E-state index contributed by atoms with van der Waals surface area (Å²) in [4.78, 5) is 14.9. The van der Waals surface area contributed by atoms with E-state index in [-0.39, 0.29) is 5.54 Å². The number of carbonyl (C=O) groups excluding carboxylic acids is 1. The first-order valence-electron chi connectivity index (χ1n) is 7.79. The molecule has 2 aliphatic carbocycles. The monoisotopic (exact) mass is 282 g/mol. The fraction of sp³-hybridized carbons (Fsp3) is 0.933. The van der Waals surface area contributed by atoms with Crippen molar-refractivity contribution in [1.82, 2.24) is 10.2 Å². The van der Waals surface area contributed by atoms with Gasteiger partial charge in [0, 0.05) is 11.3 Å². The lowest BCUT2D eigenvalue weighted by Crippen LogP contribution is -2.45. The number of carbonyl (C=O) groups is 1. The molecule has 0 radical (unpaired) electrons. The Balaban J connectivity index is 1.75. The number of rotatable bonds is 5. The largest absolute Gasteiger partial charge is 0.324 e. The Bertz CT molecular complexity index is 361. The lowest BCUT2D eigenvalue weighted by Gasteiger charge is -2.34. The van der Waals surface area contributed by atoms with Crippen LogP contribution in [0.4, 0.5) is 0 Å². The number of hydrogen-bond acceptors (Lipinski definition) is 3. The molecule has 2 saturated carbocycles. The van der Waals surface area contributed by atoms with Gasteiger partial charge in [0.15, 0.2) is 0 Å². The Labute approximate surface area is 120 Å². The molecule has 19 heavy (non-hydrogen) atoms. The molecular formula is C15H26N2OS. The Morgan fingerprint density at radius 3 is 2.53 bits per heavy atom. The van der Waals surface area contributed by atoms with Crippen LogP contribution in [-0.2, 0) is 4.79 Å². The van der Waals surface area contributed by atoms with Crippen LogP contribution in [0.3, 0.4) is 0 Å². The standard InChI is InChI=1S/C15H26N2OS/c1-3-6-12-16-15(9-10-15)13(18)17(12)11-14(19-2)7-4-5-8-14/h12,16H,3-11H2,1-2H3. The van der Waals surface area contributed by atoms with Crippen molar-refractivity contribution in [2.75, 3.05) is 12.8 Å². The van der Waals surface area contributed by atoms with Crippen molar-refractivity contribution in [3.8, 4) is 0 Å². The molecule has 3 fully saturated rings. The van der Waals surface area contributed by atoms with Gasteiger partial charge in [0.25, 0.3) is 0 Å². The Hall–Kier alpha value is -0.220. The van der Waals surface area contributed by atoms with Gasteiger partial charge >= 0.3 is 0 Å². The molecule has 1 saturated heterocycles. The molecule has 108 valence electrons. The van der Waals surface area contributed by atoms with Crippen LogP contribution in [0.2, 0.25) is 0 Å². The summed E-state index contributed by atoms with van der Waals surface area (Å²) in [5.74, 6) is 0.395. The average Bonchev–Trinajstić information content (AvgIpc) is 2.97. The van der Waals surface area contributed by atoms with E-state index in [1.807, 2.05) is 11.8 Å². The van der Waals surface area contributed by atoms with Crippen LogP contribution in [0.1, 0.15) is 58.3 Å². The lowest BCUT2D eigenvalue weighted by atomic mass is 10.1. The van der Waals surface area contributed by atoms with Gasteiger partial charge in [-0.3, -0.25) is 10.1 Å². The normalized spacial score (nSPS) is 31.4. The van der Waals surface area contributed by atoms with Crippen molar-refractivity contribution in [2.45, 2.75) is 74.7 Å². The maximum absolute atomic E-state index is 12.7. The second-order valence-corrected chi connectivity index (χ2v) is 7.83. The number of thioether (sulfide) groups is 1. The molecular weight excluding hydrogens is 256 g/mol. The molecule has 4 heteroatoms. The van der Waals surface area contributed by atoms with Crippen LogP contribution in [0.15, 0.2) is 0 Å². The zero-order valence-corrected chi connectivity index (χ0v) is 13.0. The summed E-state index contributed by atoms with van der Waals surface area (Å²) in [5, 5.41) is 3.62. The van der Waals surface area contributed by atoms with E-state index < -0.39 is 0 Å². The van der Waals surface area contributed by atoms with E-state index in [0.29, 0.717) is 16.8 Å². The van der Waals surface area contributed by atoms with Crippen molar-refractivity contribution < 1.29 is 4.79 Å². The number of hydrogen-bond donors (Lipinski definition) is 1. The van der Waals surface area contributed by atoms with Crippen molar-refractivity contribution in [3.05, 3.63) is 0 Å². The van der Waals surface area contributed by atoms with E-state index in [4.69, 9.17) is 0 Å². The van der Waals surface area contributed by atoms with Crippen LogP contribution >= 0.6 is 11.8 Å². The summed E-state index contributed by atoms with van der Waals surface area (Å²) in [6.07, 6.45) is 12.1. The zero-order chi connectivity index (χ0) is 13.5. The predicted molar refractivity (Wildman–Crippen MR) is 80.2 cm³/mol. The highest BCUT2D eigenvalue weighted by atomic mass is 32.2. The van der Waals surface area contributed by atoms with Gasteiger partial charge in [-0.15, -0.1) is 0 Å². The summed E-state index contributed by atoms with van der Waals surface area (Å²) in [7, 11) is 0. The minimum atomic E-state index is -0.141. The zero-order valence-electron chi connectivity index (χ0n) is 12.2. The summed E-state index contributed by atoms with van der Waals surface area (Å²) >= 11 is 1.99. The van der Waals surface area contributed by atoms with Crippen LogP contribution in [0.25, 0.3) is 0 Å². The van der Waals surface area contributed by atoms with Gasteiger partial charge in [0.2, 0.25) is 5.91 Å². The van der Waals surface area contributed by atoms with Crippen molar-refractivity contribution >= 4 is 17.7 Å². The second-order valence-electron chi connectivity index (χ2n) is 6.56. The number of nitrogens with one attached hydrogen (secondary N) is 1. The van der Waals surface area contributed by atoms with Crippen molar-refractivity contribution in [2.24, 2.45) is 0 Å². The quantitative estimate of drug-likeness (QED) is 0.841. The molecule has 0 bridgehead atoms. The van der Waals surface area contributed by atoms with E-state index in [1.54, 1.807) is 0 Å². The summed E-state index contributed by atoms with van der Waals surface area (Å²) < 4.78 is 0.337. The third-order valence-electron chi connectivity index (χ3n) is 5.21. The first-order chi connectivity index (χ1) is 9.15. The maximum atomic E-state index is 12.7. The third kappa shape index (κ3) is 2.31. The second kappa shape index (κ2) is 4.96. The molecule has 3 nitrogen and oxygen atoms in total. The summed E-state index contributed by atoms with van der Waals surface area (Å²) in [5.41, 5.74) is -0.141. The highest BCUT2D eigenvalue weighted by molar-refractivity contribution is 8.00. The topological polar surface area (TPSA) is 32.3 Å². The van der Waals surface area contributed by atoms with Crippen LogP contribution in [0, 0.1) is 0 Å². The molecule has 1 spiro atoms. The van der Waals surface area contributed by atoms with Gasteiger partial charge < -0.3 is 4.90 Å². The minimum Gasteiger partial charge on any atom is -0.324 e. The maximum Gasteiger partial charge on any atom is 0.244 e. The molecule has 3 rings (SSSR count). The van der Waals surface area contributed by atoms with E-state index in [2.05, 4.69) is 23.4 Å². The summed E-state index contributed by atoms with van der Waals surface area (Å²) in [6.45, 7) is 3.18. The fourth-order valence-corrected chi connectivity index (χ4v) is 4.76. The average molecular weight is 282 g/mol. The molecule has 1 unspecified atom stereocenters. The Kier molecular flexibility index (Phi) is 3.59. The van der Waals surface area contributed by atoms with Crippen molar-refractivity contribution in [1.29, 1.82) is 0 Å². The molecule has 1 N–H and O–H groups in total. The van der Waals surface area contributed by atoms with Gasteiger partial charge in [0.05, 0.1) is 11.7 Å². The van der Waals surface area contributed by atoms with Gasteiger partial charge in [-0.05, 0) is 38.4 Å². The number of amides is 1. The van der Waals surface area contributed by atoms with Crippen LogP contribution in [0.5, 0.6) is 0 Å². The Morgan fingerprint density at radius 2 is 2.00 bits per heavy atom. The first-order valence-corrected chi connectivity index (χ1v) is 9.01. The molecule has 1 amide bonds. The fourth-order valence-electron chi connectivity index (χ4n) is 3.80. The smallest absolute Gasteiger partial charge is 0.244 e. The summed E-state index contributed by atoms with van der Waals surface area (Å²) in [6, 6.07) is 0. The van der Waals surface area contributed by atoms with Crippen molar-refractivity contribution in [3.63, 3.8) is 0 Å². The Morgan fingerprint density at radius 1 is 1.32 bits per heavy atom.